The average molecular weight is 791 g/mol. The molecule has 8 aromatic rings. The molecule has 0 aliphatic heterocycles. The van der Waals surface area contributed by atoms with Gasteiger partial charge in [-0.05, 0) is 94.5 Å². The zero-order chi connectivity index (χ0) is 41.2. The summed E-state index contributed by atoms with van der Waals surface area (Å²) in [6.07, 6.45) is 4.15. The highest BCUT2D eigenvalue weighted by Crippen LogP contribution is 2.42. The Bertz CT molecular complexity index is 2460. The van der Waals surface area contributed by atoms with Gasteiger partial charge in [-0.15, -0.1) is 0 Å². The van der Waals surface area contributed by atoms with E-state index >= 15 is 0 Å². The summed E-state index contributed by atoms with van der Waals surface area (Å²) in [5.74, 6) is 3.32. The van der Waals surface area contributed by atoms with Crippen LogP contribution in [0.3, 0.4) is 0 Å². The van der Waals surface area contributed by atoms with E-state index in [2.05, 4.69) is 223 Å². The number of aromatic nitrogens is 4. The number of imidazole rings is 2. The Balaban J connectivity index is 1.20. The molecule has 0 N–H and O–H groups in total. The second kappa shape index (κ2) is 17.1. The number of hydrogen-bond donors (Lipinski definition) is 0. The molecule has 0 saturated carbocycles. The van der Waals surface area contributed by atoms with Gasteiger partial charge in [-0.1, -0.05) is 164 Å². The van der Waals surface area contributed by atoms with E-state index in [0.717, 1.165) is 55.3 Å². The number of benzene rings is 6. The molecule has 2 aromatic heterocycles. The van der Waals surface area contributed by atoms with E-state index in [9.17, 15) is 0 Å². The van der Waals surface area contributed by atoms with Crippen LogP contribution in [0.25, 0.3) is 56.7 Å². The summed E-state index contributed by atoms with van der Waals surface area (Å²) in [6.45, 7) is 18.3. The van der Waals surface area contributed by atoms with Crippen LogP contribution in [0.15, 0.2) is 168 Å². The highest BCUT2D eigenvalue weighted by molar-refractivity contribution is 7.99. The van der Waals surface area contributed by atoms with Crippen LogP contribution < -0.4 is 0 Å². The highest BCUT2D eigenvalue weighted by Gasteiger charge is 2.24. The van der Waals surface area contributed by atoms with Gasteiger partial charge in [0.2, 0.25) is 0 Å². The number of para-hydroxylation sites is 2. The Kier molecular flexibility index (Phi) is 11.6. The van der Waals surface area contributed by atoms with E-state index < -0.39 is 0 Å². The van der Waals surface area contributed by atoms with Crippen molar-refractivity contribution >= 4 is 11.8 Å². The average Bonchev–Trinajstić information content (AvgIpc) is 3.90. The molecule has 296 valence electrons. The molecule has 0 spiro atoms. The van der Waals surface area contributed by atoms with Gasteiger partial charge in [-0.25, -0.2) is 9.97 Å². The van der Waals surface area contributed by atoms with Crippen LogP contribution in [0.5, 0.6) is 0 Å². The van der Waals surface area contributed by atoms with Crippen molar-refractivity contribution in [2.24, 2.45) is 0 Å². The van der Waals surface area contributed by atoms with Crippen molar-refractivity contribution in [1.82, 2.24) is 19.1 Å². The lowest BCUT2D eigenvalue weighted by atomic mass is 9.87. The maximum atomic E-state index is 5.18. The van der Waals surface area contributed by atoms with Crippen molar-refractivity contribution in [3.63, 3.8) is 0 Å². The first-order valence-electron chi connectivity index (χ1n) is 21.0. The lowest BCUT2D eigenvalue weighted by molar-refractivity contribution is 0.834. The predicted octanol–water partition coefficient (Wildman–Crippen LogP) is 15.4. The number of nitrogens with zero attached hydrogens (tertiary/aromatic N) is 4. The molecule has 0 atom stereocenters. The molecule has 5 heteroatoms. The molecule has 0 radical (unpaired) electrons. The summed E-state index contributed by atoms with van der Waals surface area (Å²) in [6, 6.07) is 52.5. The molecule has 0 bridgehead atoms. The molecule has 4 nitrogen and oxygen atoms in total. The van der Waals surface area contributed by atoms with Gasteiger partial charge in [0.15, 0.2) is 0 Å². The Morgan fingerprint density at radius 3 is 1.07 bits per heavy atom. The Morgan fingerprint density at radius 2 is 0.729 bits per heavy atom. The SMILES string of the molecule is CC(C)c1cccc(C(C)C)c1-c1cnc(-c2cccc(Sc3cccc(-c4ncc(-c5c(C(C)C)cccc5C(C)C)n4-c4ccccc4)c3)c2)n1-c1ccccc1. The third-order valence-electron chi connectivity index (χ3n) is 11.2. The van der Waals surface area contributed by atoms with Gasteiger partial charge in [0.25, 0.3) is 0 Å². The van der Waals surface area contributed by atoms with Crippen LogP contribution in [-0.4, -0.2) is 19.1 Å². The topological polar surface area (TPSA) is 35.6 Å². The molecule has 0 amide bonds. The maximum absolute atomic E-state index is 5.18. The summed E-state index contributed by atoms with van der Waals surface area (Å²) in [5, 5.41) is 0. The smallest absolute Gasteiger partial charge is 0.145 e. The first kappa shape index (κ1) is 39.9. The normalized spacial score (nSPS) is 11.7. The lowest BCUT2D eigenvalue weighted by Gasteiger charge is -2.22. The fourth-order valence-corrected chi connectivity index (χ4v) is 9.30. The molecular weight excluding hydrogens is 737 g/mol. The second-order valence-corrected chi connectivity index (χ2v) is 17.8. The van der Waals surface area contributed by atoms with E-state index in [1.807, 2.05) is 0 Å². The molecule has 0 unspecified atom stereocenters. The molecule has 6 aromatic carbocycles. The summed E-state index contributed by atoms with van der Waals surface area (Å²) in [4.78, 5) is 12.7. The van der Waals surface area contributed by atoms with E-state index in [4.69, 9.17) is 9.97 Å². The van der Waals surface area contributed by atoms with Gasteiger partial charge in [0.1, 0.15) is 11.6 Å². The van der Waals surface area contributed by atoms with E-state index in [1.54, 1.807) is 11.8 Å². The van der Waals surface area contributed by atoms with Crippen LogP contribution in [0.4, 0.5) is 0 Å². The second-order valence-electron chi connectivity index (χ2n) is 16.7. The quantitative estimate of drug-likeness (QED) is 0.124. The number of rotatable bonds is 12. The summed E-state index contributed by atoms with van der Waals surface area (Å²) in [5.41, 5.74) is 14.5. The molecule has 0 fully saturated rings. The zero-order valence-corrected chi connectivity index (χ0v) is 36.3. The van der Waals surface area contributed by atoms with Crippen molar-refractivity contribution in [3.05, 3.63) is 180 Å². The lowest BCUT2D eigenvalue weighted by Crippen LogP contribution is -2.05. The van der Waals surface area contributed by atoms with Crippen molar-refractivity contribution in [2.45, 2.75) is 88.9 Å². The molecule has 59 heavy (non-hydrogen) atoms. The minimum atomic E-state index is 0.368. The van der Waals surface area contributed by atoms with Gasteiger partial charge < -0.3 is 0 Å². The molecule has 0 aliphatic rings. The van der Waals surface area contributed by atoms with Gasteiger partial charge in [0, 0.05) is 43.4 Å². The van der Waals surface area contributed by atoms with Gasteiger partial charge in [-0.2, -0.15) is 0 Å². The van der Waals surface area contributed by atoms with Crippen LogP contribution in [-0.2, 0) is 0 Å². The first-order valence-corrected chi connectivity index (χ1v) is 21.8. The predicted molar refractivity (Wildman–Crippen MR) is 249 cm³/mol. The Hall–Kier alpha value is -5.91. The van der Waals surface area contributed by atoms with Gasteiger partial charge in [-0.3, -0.25) is 9.13 Å². The van der Waals surface area contributed by atoms with E-state index in [-0.39, 0.29) is 0 Å². The molecule has 8 rings (SSSR count). The fraction of sp³-hybridized carbons (Fsp3) is 0.222. The molecular formula is C54H54N4S. The summed E-state index contributed by atoms with van der Waals surface area (Å²) >= 11 is 1.77. The van der Waals surface area contributed by atoms with Crippen LogP contribution in [0.1, 0.15) is 101 Å². The summed E-state index contributed by atoms with van der Waals surface area (Å²) in [7, 11) is 0. The van der Waals surface area contributed by atoms with Crippen LogP contribution in [0, 0.1) is 0 Å². The zero-order valence-electron chi connectivity index (χ0n) is 35.5. The van der Waals surface area contributed by atoms with Crippen molar-refractivity contribution in [3.8, 4) is 56.7 Å². The molecule has 0 saturated heterocycles. The highest BCUT2D eigenvalue weighted by atomic mass is 32.2. The molecule has 2 heterocycles. The maximum Gasteiger partial charge on any atom is 0.145 e. The summed E-state index contributed by atoms with van der Waals surface area (Å²) < 4.78 is 4.70. The fourth-order valence-electron chi connectivity index (χ4n) is 8.37. The first-order chi connectivity index (χ1) is 28.6. The standard InChI is InChI=1S/C54H54N4S/c1-35(2)45-27-17-28-46(36(3)4)51(45)49-33-55-53(57(49)41-21-11-9-12-22-41)39-19-15-25-43(31-39)59-44-26-16-20-40(32-44)54-56-34-50(58(54)42-23-13-10-14-24-42)52-47(37(5)6)29-18-30-48(52)38(7)8/h9-38H,1-8H3. The minimum Gasteiger partial charge on any atom is -0.292 e. The Labute approximate surface area is 355 Å². The molecule has 0 aliphatic carbocycles. The largest absolute Gasteiger partial charge is 0.292 e. The third kappa shape index (κ3) is 7.97. The van der Waals surface area contributed by atoms with E-state index in [1.165, 1.54) is 33.4 Å². The van der Waals surface area contributed by atoms with Gasteiger partial charge in [0.05, 0.1) is 23.8 Å². The van der Waals surface area contributed by atoms with Gasteiger partial charge >= 0.3 is 0 Å². The van der Waals surface area contributed by atoms with E-state index in [0.29, 0.717) is 23.7 Å². The third-order valence-corrected chi connectivity index (χ3v) is 12.2. The Morgan fingerprint density at radius 1 is 0.390 bits per heavy atom. The van der Waals surface area contributed by atoms with Crippen molar-refractivity contribution < 1.29 is 0 Å². The minimum absolute atomic E-state index is 0.368. The van der Waals surface area contributed by atoms with Crippen molar-refractivity contribution in [2.75, 3.05) is 0 Å². The van der Waals surface area contributed by atoms with Crippen molar-refractivity contribution in [1.29, 1.82) is 0 Å². The van der Waals surface area contributed by atoms with Crippen LogP contribution in [0.2, 0.25) is 0 Å². The van der Waals surface area contributed by atoms with Crippen LogP contribution >= 0.6 is 11.8 Å². The monoisotopic (exact) mass is 790 g/mol. The number of hydrogen-bond acceptors (Lipinski definition) is 3.